The van der Waals surface area contributed by atoms with Gasteiger partial charge in [-0.2, -0.15) is 0 Å². The SMILES string of the molecule is CCOCC(CCNCC(=O)OCC)[Si](OCC)(OCC)OCC. The lowest BCUT2D eigenvalue weighted by Crippen LogP contribution is -2.52. The lowest BCUT2D eigenvalue weighted by atomic mass is 10.3. The van der Waals surface area contributed by atoms with Crippen LogP contribution in [0, 0.1) is 0 Å². The van der Waals surface area contributed by atoms with Crippen LogP contribution >= 0.6 is 0 Å². The molecule has 0 aromatic rings. The van der Waals surface area contributed by atoms with Crippen molar-refractivity contribution in [1.82, 2.24) is 5.32 Å². The summed E-state index contributed by atoms with van der Waals surface area (Å²) in [5, 5.41) is 3.10. The van der Waals surface area contributed by atoms with Crippen LogP contribution in [0.15, 0.2) is 0 Å². The Morgan fingerprint density at radius 2 is 1.50 bits per heavy atom. The van der Waals surface area contributed by atoms with Crippen molar-refractivity contribution in [2.24, 2.45) is 0 Å². The number of carbonyl (C=O) groups is 1. The molecule has 0 aromatic heterocycles. The Kier molecular flexibility index (Phi) is 14.5. The maximum Gasteiger partial charge on any atom is 0.506 e. The second-order valence-corrected chi connectivity index (χ2v) is 7.92. The van der Waals surface area contributed by atoms with E-state index in [0.29, 0.717) is 46.2 Å². The maximum absolute atomic E-state index is 11.4. The molecule has 144 valence electrons. The van der Waals surface area contributed by atoms with Crippen molar-refractivity contribution in [3.63, 3.8) is 0 Å². The summed E-state index contributed by atoms with van der Waals surface area (Å²) in [5.41, 5.74) is 0.0204. The van der Waals surface area contributed by atoms with E-state index >= 15 is 0 Å². The number of ether oxygens (including phenoxy) is 2. The summed E-state index contributed by atoms with van der Waals surface area (Å²) in [6, 6.07) is 0. The van der Waals surface area contributed by atoms with Crippen LogP contribution in [-0.4, -0.2) is 67.5 Å². The third-order valence-corrected chi connectivity index (χ3v) is 6.83. The third-order valence-electron chi connectivity index (χ3n) is 3.30. The van der Waals surface area contributed by atoms with E-state index in [4.69, 9.17) is 22.8 Å². The van der Waals surface area contributed by atoms with Crippen LogP contribution in [0.1, 0.15) is 41.0 Å². The molecule has 8 heteroatoms. The maximum atomic E-state index is 11.4. The topological polar surface area (TPSA) is 75.3 Å². The molecule has 1 unspecified atom stereocenters. The molecule has 0 saturated heterocycles. The molecule has 1 N–H and O–H groups in total. The number of hydrogen-bond acceptors (Lipinski definition) is 7. The molecule has 0 aliphatic rings. The van der Waals surface area contributed by atoms with Gasteiger partial charge < -0.3 is 28.1 Å². The Balaban J connectivity index is 4.79. The van der Waals surface area contributed by atoms with Crippen LogP contribution in [0.5, 0.6) is 0 Å². The Labute approximate surface area is 147 Å². The van der Waals surface area contributed by atoms with E-state index in [1.54, 1.807) is 6.92 Å². The van der Waals surface area contributed by atoms with Gasteiger partial charge in [-0.1, -0.05) is 0 Å². The number of esters is 1. The summed E-state index contributed by atoms with van der Waals surface area (Å²) in [6.45, 7) is 13.5. The molecule has 0 aromatic carbocycles. The van der Waals surface area contributed by atoms with E-state index < -0.39 is 8.80 Å². The first-order valence-corrected chi connectivity index (χ1v) is 10.8. The van der Waals surface area contributed by atoms with Crippen molar-refractivity contribution in [3.05, 3.63) is 0 Å². The fourth-order valence-corrected chi connectivity index (χ4v) is 5.37. The zero-order chi connectivity index (χ0) is 18.3. The van der Waals surface area contributed by atoms with E-state index in [-0.39, 0.29) is 18.1 Å². The highest BCUT2D eigenvalue weighted by Crippen LogP contribution is 2.29. The number of carbonyl (C=O) groups excluding carboxylic acids is 1. The lowest BCUT2D eigenvalue weighted by molar-refractivity contribution is -0.141. The van der Waals surface area contributed by atoms with Gasteiger partial charge in [-0.15, -0.1) is 0 Å². The molecule has 1 atom stereocenters. The minimum atomic E-state index is -2.84. The van der Waals surface area contributed by atoms with Crippen molar-refractivity contribution in [2.45, 2.75) is 46.6 Å². The Morgan fingerprint density at radius 1 is 0.917 bits per heavy atom. The minimum Gasteiger partial charge on any atom is -0.465 e. The Hall–Kier alpha value is -0.513. The van der Waals surface area contributed by atoms with Gasteiger partial charge >= 0.3 is 14.8 Å². The Bertz CT molecular complexity index is 302. The monoisotopic (exact) mass is 365 g/mol. The van der Waals surface area contributed by atoms with Gasteiger partial charge in [-0.25, -0.2) is 0 Å². The van der Waals surface area contributed by atoms with Crippen molar-refractivity contribution in [3.8, 4) is 0 Å². The smallest absolute Gasteiger partial charge is 0.465 e. The van der Waals surface area contributed by atoms with Gasteiger partial charge in [0.1, 0.15) is 0 Å². The summed E-state index contributed by atoms with van der Waals surface area (Å²) in [7, 11) is -2.84. The first-order valence-electron chi connectivity index (χ1n) is 8.95. The zero-order valence-corrected chi connectivity index (χ0v) is 16.9. The summed E-state index contributed by atoms with van der Waals surface area (Å²) in [6.07, 6.45) is 0.742. The average Bonchev–Trinajstić information content (AvgIpc) is 2.55. The molecule has 0 spiro atoms. The normalized spacial score (nSPS) is 13.0. The third kappa shape index (κ3) is 9.10. The zero-order valence-electron chi connectivity index (χ0n) is 15.9. The molecule has 0 amide bonds. The standard InChI is InChI=1S/C16H35NO6Si/c1-6-19-14-15(11-12-17-13-16(18)20-7-2)24(21-8-3,22-9-4)23-10-5/h15,17H,6-14H2,1-5H3. The van der Waals surface area contributed by atoms with Gasteiger partial charge in [0, 0.05) is 26.4 Å². The van der Waals surface area contributed by atoms with Crippen LogP contribution in [0.3, 0.4) is 0 Å². The fourth-order valence-electron chi connectivity index (χ4n) is 2.38. The van der Waals surface area contributed by atoms with Gasteiger partial charge in [0.15, 0.2) is 0 Å². The second kappa shape index (κ2) is 14.8. The molecule has 0 radical (unpaired) electrons. The molecule has 7 nitrogen and oxygen atoms in total. The number of rotatable bonds is 16. The second-order valence-electron chi connectivity index (χ2n) is 5.03. The quantitative estimate of drug-likeness (QED) is 0.255. The predicted octanol–water partition coefficient (Wildman–Crippen LogP) is 1.98. The van der Waals surface area contributed by atoms with Gasteiger partial charge in [-0.05, 0) is 47.6 Å². The molecular formula is C16H35NO6Si. The van der Waals surface area contributed by atoms with E-state index in [2.05, 4.69) is 5.32 Å². The molecule has 24 heavy (non-hydrogen) atoms. The van der Waals surface area contributed by atoms with Crippen LogP contribution in [0.2, 0.25) is 5.54 Å². The number of hydrogen-bond donors (Lipinski definition) is 1. The molecule has 0 bridgehead atoms. The van der Waals surface area contributed by atoms with E-state index in [0.717, 1.165) is 6.42 Å². The van der Waals surface area contributed by atoms with Gasteiger partial charge in [0.25, 0.3) is 0 Å². The lowest BCUT2D eigenvalue weighted by Gasteiger charge is -2.35. The van der Waals surface area contributed by atoms with Crippen LogP contribution in [0.25, 0.3) is 0 Å². The van der Waals surface area contributed by atoms with Crippen molar-refractivity contribution in [1.29, 1.82) is 0 Å². The van der Waals surface area contributed by atoms with E-state index in [1.165, 1.54) is 0 Å². The highest BCUT2D eigenvalue weighted by molar-refractivity contribution is 6.62. The average molecular weight is 366 g/mol. The molecule has 0 aliphatic heterocycles. The predicted molar refractivity (Wildman–Crippen MR) is 95.0 cm³/mol. The highest BCUT2D eigenvalue weighted by atomic mass is 28.4. The van der Waals surface area contributed by atoms with Gasteiger partial charge in [-0.3, -0.25) is 4.79 Å². The minimum absolute atomic E-state index is 0.0204. The molecular weight excluding hydrogens is 330 g/mol. The molecule has 0 rings (SSSR count). The van der Waals surface area contributed by atoms with Crippen LogP contribution in [-0.2, 0) is 27.5 Å². The molecule has 0 heterocycles. The van der Waals surface area contributed by atoms with Crippen molar-refractivity contribution >= 4 is 14.8 Å². The first-order chi connectivity index (χ1) is 11.6. The van der Waals surface area contributed by atoms with E-state index in [9.17, 15) is 4.79 Å². The summed E-state index contributed by atoms with van der Waals surface area (Å²) >= 11 is 0. The highest BCUT2D eigenvalue weighted by Gasteiger charge is 2.48. The van der Waals surface area contributed by atoms with Gasteiger partial charge in [0.05, 0.1) is 25.3 Å². The van der Waals surface area contributed by atoms with Crippen molar-refractivity contribution < 1.29 is 27.5 Å². The molecule has 0 saturated carbocycles. The summed E-state index contributed by atoms with van der Waals surface area (Å²) in [4.78, 5) is 11.4. The van der Waals surface area contributed by atoms with Crippen LogP contribution in [0.4, 0.5) is 0 Å². The fraction of sp³-hybridized carbons (Fsp3) is 0.938. The summed E-state index contributed by atoms with van der Waals surface area (Å²) < 4.78 is 28.5. The largest absolute Gasteiger partial charge is 0.506 e. The van der Waals surface area contributed by atoms with Crippen molar-refractivity contribution in [2.75, 3.05) is 52.7 Å². The van der Waals surface area contributed by atoms with Crippen LogP contribution < -0.4 is 5.32 Å². The summed E-state index contributed by atoms with van der Waals surface area (Å²) in [5.74, 6) is -0.248. The Morgan fingerprint density at radius 3 is 1.96 bits per heavy atom. The first kappa shape index (κ1) is 23.5. The number of nitrogens with one attached hydrogen (secondary N) is 1. The molecule has 0 fully saturated rings. The van der Waals surface area contributed by atoms with E-state index in [1.807, 2.05) is 27.7 Å². The molecule has 0 aliphatic carbocycles. The van der Waals surface area contributed by atoms with Gasteiger partial charge in [0.2, 0.25) is 0 Å².